The quantitative estimate of drug-likeness (QED) is 0.761. The van der Waals surface area contributed by atoms with Crippen molar-refractivity contribution in [3.8, 4) is 0 Å². The number of piperidine rings is 1. The summed E-state index contributed by atoms with van der Waals surface area (Å²) in [6.45, 7) is 10.9. The molecule has 1 heterocycles. The molecule has 0 saturated carbocycles. The van der Waals surface area contributed by atoms with Crippen LogP contribution in [-0.4, -0.2) is 43.8 Å². The van der Waals surface area contributed by atoms with E-state index < -0.39 is 0 Å². The first-order chi connectivity index (χ1) is 8.55. The van der Waals surface area contributed by atoms with E-state index in [4.69, 9.17) is 10.5 Å². The fraction of sp³-hybridized carbons (Fsp3) is 1.00. The zero-order valence-corrected chi connectivity index (χ0v) is 12.8. The van der Waals surface area contributed by atoms with Crippen molar-refractivity contribution in [2.45, 2.75) is 58.4 Å². The van der Waals surface area contributed by atoms with E-state index in [2.05, 4.69) is 25.7 Å². The molecule has 0 aromatic heterocycles. The van der Waals surface area contributed by atoms with Crippen LogP contribution in [-0.2, 0) is 4.74 Å². The zero-order valence-electron chi connectivity index (χ0n) is 12.8. The van der Waals surface area contributed by atoms with Crippen LogP contribution in [0.25, 0.3) is 0 Å². The van der Waals surface area contributed by atoms with E-state index in [1.807, 2.05) is 0 Å². The predicted octanol–water partition coefficient (Wildman–Crippen LogP) is 2.64. The van der Waals surface area contributed by atoms with Crippen molar-refractivity contribution >= 4 is 0 Å². The smallest absolute Gasteiger partial charge is 0.0480 e. The third-order valence-electron chi connectivity index (χ3n) is 5.37. The number of rotatable bonds is 7. The van der Waals surface area contributed by atoms with Crippen LogP contribution in [0.4, 0.5) is 0 Å². The Labute approximate surface area is 113 Å². The molecule has 3 nitrogen and oxygen atoms in total. The van der Waals surface area contributed by atoms with E-state index in [0.717, 1.165) is 19.6 Å². The summed E-state index contributed by atoms with van der Waals surface area (Å²) in [7, 11) is 1.77. The van der Waals surface area contributed by atoms with Gasteiger partial charge in [0.15, 0.2) is 0 Å². The zero-order chi connectivity index (χ0) is 13.6. The van der Waals surface area contributed by atoms with Gasteiger partial charge in [-0.25, -0.2) is 0 Å². The first-order valence-corrected chi connectivity index (χ1v) is 7.50. The highest BCUT2D eigenvalue weighted by Crippen LogP contribution is 2.39. The van der Waals surface area contributed by atoms with Crippen molar-refractivity contribution in [3.63, 3.8) is 0 Å². The summed E-state index contributed by atoms with van der Waals surface area (Å²) in [5, 5.41) is 0. The lowest BCUT2D eigenvalue weighted by Gasteiger charge is -2.48. The molecule has 1 unspecified atom stereocenters. The van der Waals surface area contributed by atoms with Crippen molar-refractivity contribution in [1.29, 1.82) is 0 Å². The fourth-order valence-corrected chi connectivity index (χ4v) is 3.19. The van der Waals surface area contributed by atoms with Gasteiger partial charge in [-0.15, -0.1) is 0 Å². The van der Waals surface area contributed by atoms with Gasteiger partial charge in [0.1, 0.15) is 0 Å². The third kappa shape index (κ3) is 3.46. The van der Waals surface area contributed by atoms with Crippen molar-refractivity contribution < 1.29 is 4.74 Å². The largest absolute Gasteiger partial charge is 0.385 e. The van der Waals surface area contributed by atoms with Gasteiger partial charge in [-0.3, -0.25) is 4.90 Å². The van der Waals surface area contributed by atoms with Crippen molar-refractivity contribution in [2.75, 3.05) is 33.4 Å². The second kappa shape index (κ2) is 6.88. The molecule has 1 aliphatic rings. The van der Waals surface area contributed by atoms with E-state index >= 15 is 0 Å². The van der Waals surface area contributed by atoms with Crippen molar-refractivity contribution in [3.05, 3.63) is 0 Å². The minimum Gasteiger partial charge on any atom is -0.385 e. The highest BCUT2D eigenvalue weighted by atomic mass is 16.5. The van der Waals surface area contributed by atoms with Crippen LogP contribution < -0.4 is 5.73 Å². The number of nitrogens with two attached hydrogens (primary N) is 1. The minimum atomic E-state index is 0.115. The van der Waals surface area contributed by atoms with Gasteiger partial charge in [0.05, 0.1) is 0 Å². The summed E-state index contributed by atoms with van der Waals surface area (Å²) in [6.07, 6.45) is 6.31. The molecule has 2 N–H and O–H groups in total. The number of likely N-dealkylation sites (tertiary alicyclic amines) is 1. The van der Waals surface area contributed by atoms with E-state index in [1.165, 1.54) is 38.8 Å². The van der Waals surface area contributed by atoms with Crippen LogP contribution in [0.1, 0.15) is 52.9 Å². The highest BCUT2D eigenvalue weighted by Gasteiger charge is 2.37. The normalized spacial score (nSPS) is 23.8. The second-order valence-electron chi connectivity index (χ2n) is 6.14. The molecule has 1 aliphatic heterocycles. The molecule has 108 valence electrons. The van der Waals surface area contributed by atoms with Gasteiger partial charge in [0, 0.05) is 25.8 Å². The first kappa shape index (κ1) is 15.9. The SMILES string of the molecule is CCC1(CC)CCN(C(C)(CN)CCOC)CC1. The maximum atomic E-state index is 6.01. The summed E-state index contributed by atoms with van der Waals surface area (Å²) in [6, 6.07) is 0. The lowest BCUT2D eigenvalue weighted by Crippen LogP contribution is -2.56. The Balaban J connectivity index is 2.59. The Bertz CT molecular complexity index is 231. The molecule has 0 radical (unpaired) electrons. The van der Waals surface area contributed by atoms with E-state index in [9.17, 15) is 0 Å². The van der Waals surface area contributed by atoms with Crippen LogP contribution >= 0.6 is 0 Å². The molecule has 0 aromatic rings. The highest BCUT2D eigenvalue weighted by molar-refractivity contribution is 4.93. The maximum Gasteiger partial charge on any atom is 0.0480 e. The molecule has 0 aromatic carbocycles. The molecule has 1 atom stereocenters. The molecule has 0 aliphatic carbocycles. The summed E-state index contributed by atoms with van der Waals surface area (Å²) in [5.74, 6) is 0. The molecular formula is C15H32N2O. The number of hydrogen-bond acceptors (Lipinski definition) is 3. The third-order valence-corrected chi connectivity index (χ3v) is 5.37. The van der Waals surface area contributed by atoms with Crippen molar-refractivity contribution in [1.82, 2.24) is 4.90 Å². The summed E-state index contributed by atoms with van der Waals surface area (Å²) in [4.78, 5) is 2.59. The second-order valence-corrected chi connectivity index (χ2v) is 6.14. The van der Waals surface area contributed by atoms with Crippen LogP contribution in [0.5, 0.6) is 0 Å². The van der Waals surface area contributed by atoms with Gasteiger partial charge in [-0.05, 0) is 44.7 Å². The monoisotopic (exact) mass is 256 g/mol. The van der Waals surface area contributed by atoms with E-state index in [1.54, 1.807) is 7.11 Å². The van der Waals surface area contributed by atoms with Gasteiger partial charge in [0.25, 0.3) is 0 Å². The standard InChI is InChI=1S/C15H32N2O/c1-5-15(6-2)7-10-17(11-8-15)14(3,13-16)9-12-18-4/h5-13,16H2,1-4H3. The molecule has 0 spiro atoms. The average molecular weight is 256 g/mol. The number of ether oxygens (including phenoxy) is 1. The summed E-state index contributed by atoms with van der Waals surface area (Å²) in [5.41, 5.74) is 6.72. The Morgan fingerprint density at radius 1 is 1.22 bits per heavy atom. The average Bonchev–Trinajstić information content (AvgIpc) is 2.45. The van der Waals surface area contributed by atoms with E-state index in [0.29, 0.717) is 5.41 Å². The van der Waals surface area contributed by atoms with Crippen LogP contribution in [0.15, 0.2) is 0 Å². The Morgan fingerprint density at radius 3 is 2.17 bits per heavy atom. The molecule has 1 fully saturated rings. The molecule has 18 heavy (non-hydrogen) atoms. The maximum absolute atomic E-state index is 6.01. The van der Waals surface area contributed by atoms with E-state index in [-0.39, 0.29) is 5.54 Å². The van der Waals surface area contributed by atoms with Gasteiger partial charge < -0.3 is 10.5 Å². The van der Waals surface area contributed by atoms with Crippen molar-refractivity contribution in [2.24, 2.45) is 11.1 Å². The fourth-order valence-electron chi connectivity index (χ4n) is 3.19. The summed E-state index contributed by atoms with van der Waals surface area (Å²) >= 11 is 0. The Morgan fingerprint density at radius 2 is 1.78 bits per heavy atom. The predicted molar refractivity (Wildman–Crippen MR) is 77.8 cm³/mol. The Hall–Kier alpha value is -0.120. The molecule has 0 amide bonds. The van der Waals surface area contributed by atoms with Gasteiger partial charge in [-0.1, -0.05) is 26.7 Å². The summed E-state index contributed by atoms with van der Waals surface area (Å²) < 4.78 is 5.23. The van der Waals surface area contributed by atoms with Gasteiger partial charge in [-0.2, -0.15) is 0 Å². The molecule has 0 bridgehead atoms. The minimum absolute atomic E-state index is 0.115. The number of methoxy groups -OCH3 is 1. The molecular weight excluding hydrogens is 224 g/mol. The van der Waals surface area contributed by atoms with Crippen LogP contribution in [0.3, 0.4) is 0 Å². The Kier molecular flexibility index (Phi) is 6.09. The topological polar surface area (TPSA) is 38.5 Å². The first-order valence-electron chi connectivity index (χ1n) is 7.50. The van der Waals surface area contributed by atoms with Gasteiger partial charge >= 0.3 is 0 Å². The lowest BCUT2D eigenvalue weighted by atomic mass is 9.73. The number of nitrogens with zero attached hydrogens (tertiary/aromatic N) is 1. The molecule has 3 heteroatoms. The molecule has 1 saturated heterocycles. The lowest BCUT2D eigenvalue weighted by molar-refractivity contribution is 0.00895. The van der Waals surface area contributed by atoms with Gasteiger partial charge in [0.2, 0.25) is 0 Å². The molecule has 1 rings (SSSR count). The van der Waals surface area contributed by atoms with Crippen LogP contribution in [0, 0.1) is 5.41 Å². The number of hydrogen-bond donors (Lipinski definition) is 1. The van der Waals surface area contributed by atoms with Crippen LogP contribution in [0.2, 0.25) is 0 Å².